The van der Waals surface area contributed by atoms with Crippen LogP contribution in [0.1, 0.15) is 22.5 Å². The molecule has 0 fully saturated rings. The Hall–Kier alpha value is -2.27. The van der Waals surface area contributed by atoms with Crippen LogP contribution in [0.3, 0.4) is 0 Å². The van der Waals surface area contributed by atoms with E-state index in [0.717, 1.165) is 11.5 Å². The van der Waals surface area contributed by atoms with Crippen LogP contribution in [-0.2, 0) is 0 Å². The number of benzene rings is 1. The van der Waals surface area contributed by atoms with E-state index in [9.17, 15) is 0 Å². The number of thioether (sulfide) groups is 1. The zero-order valence-corrected chi connectivity index (χ0v) is 12.6. The van der Waals surface area contributed by atoms with Crippen molar-refractivity contribution < 1.29 is 0 Å². The molecule has 0 saturated heterocycles. The Bertz CT molecular complexity index is 608. The van der Waals surface area contributed by atoms with Crippen molar-refractivity contribution in [2.75, 3.05) is 0 Å². The van der Waals surface area contributed by atoms with Crippen LogP contribution < -0.4 is 5.32 Å². The second kappa shape index (κ2) is 8.11. The van der Waals surface area contributed by atoms with E-state index in [1.807, 2.05) is 35.9 Å². The summed E-state index contributed by atoms with van der Waals surface area (Å²) in [6, 6.07) is 10.3. The number of H-pyrrole nitrogens is 1. The van der Waals surface area contributed by atoms with Gasteiger partial charge in [0.1, 0.15) is 11.2 Å². The highest BCUT2D eigenvalue weighted by Crippen LogP contribution is 2.28. The Morgan fingerprint density at radius 2 is 2.10 bits per heavy atom. The molecule has 21 heavy (non-hydrogen) atoms. The number of aryl methyl sites for hydroxylation is 1. The van der Waals surface area contributed by atoms with Crippen LogP contribution in [0.4, 0.5) is 0 Å². The first-order valence-corrected chi connectivity index (χ1v) is 7.54. The summed E-state index contributed by atoms with van der Waals surface area (Å²) in [7, 11) is 0. The SMILES string of the molecule is Cc1ccccc1.N=C/C=C\c1cnc(C2NC=CS2)[nH]1. The van der Waals surface area contributed by atoms with Crippen LogP contribution in [0.5, 0.6) is 0 Å². The van der Waals surface area contributed by atoms with Crippen LogP contribution in [0, 0.1) is 12.3 Å². The lowest BCUT2D eigenvalue weighted by molar-refractivity contribution is 0.803. The molecule has 1 unspecified atom stereocenters. The number of hydrogen-bond donors (Lipinski definition) is 3. The quantitative estimate of drug-likeness (QED) is 0.754. The summed E-state index contributed by atoms with van der Waals surface area (Å²) in [5, 5.41) is 12.2. The molecule has 0 radical (unpaired) electrons. The maximum atomic E-state index is 6.85. The van der Waals surface area contributed by atoms with E-state index < -0.39 is 0 Å². The lowest BCUT2D eigenvalue weighted by Gasteiger charge is -2.04. The predicted molar refractivity (Wildman–Crippen MR) is 90.2 cm³/mol. The van der Waals surface area contributed by atoms with Gasteiger partial charge in [-0.1, -0.05) is 47.7 Å². The van der Waals surface area contributed by atoms with E-state index in [2.05, 4.69) is 34.3 Å². The minimum absolute atomic E-state index is 0.192. The molecule has 2 aromatic rings. The van der Waals surface area contributed by atoms with Crippen molar-refractivity contribution in [1.82, 2.24) is 15.3 Å². The summed E-state index contributed by atoms with van der Waals surface area (Å²) in [4.78, 5) is 7.41. The molecule has 1 aliphatic heterocycles. The molecule has 1 atom stereocenters. The van der Waals surface area contributed by atoms with Crippen LogP contribution >= 0.6 is 11.8 Å². The van der Waals surface area contributed by atoms with Gasteiger partial charge >= 0.3 is 0 Å². The Balaban J connectivity index is 0.000000194. The normalized spacial score (nSPS) is 16.3. The number of imidazole rings is 1. The first-order chi connectivity index (χ1) is 10.3. The van der Waals surface area contributed by atoms with E-state index in [1.54, 1.807) is 24.0 Å². The van der Waals surface area contributed by atoms with Crippen molar-refractivity contribution in [1.29, 1.82) is 5.41 Å². The molecule has 1 aliphatic rings. The fraction of sp³-hybridized carbons (Fsp3) is 0.125. The van der Waals surface area contributed by atoms with Gasteiger partial charge in [0, 0.05) is 12.4 Å². The number of rotatable bonds is 3. The molecular formula is C16H18N4S. The maximum Gasteiger partial charge on any atom is 0.139 e. The number of nitrogens with zero attached hydrogens (tertiary/aromatic N) is 1. The Morgan fingerprint density at radius 1 is 1.29 bits per heavy atom. The Labute approximate surface area is 128 Å². The Kier molecular flexibility index (Phi) is 5.84. The second-order valence-electron chi connectivity index (χ2n) is 4.39. The van der Waals surface area contributed by atoms with Gasteiger partial charge in [0.15, 0.2) is 0 Å². The first-order valence-electron chi connectivity index (χ1n) is 6.60. The molecule has 0 bridgehead atoms. The van der Waals surface area contributed by atoms with Gasteiger partial charge in [-0.25, -0.2) is 4.98 Å². The molecule has 0 amide bonds. The van der Waals surface area contributed by atoms with Crippen molar-refractivity contribution in [3.05, 3.63) is 71.3 Å². The van der Waals surface area contributed by atoms with E-state index in [4.69, 9.17) is 5.41 Å². The van der Waals surface area contributed by atoms with Crippen LogP contribution in [-0.4, -0.2) is 16.2 Å². The molecule has 0 saturated carbocycles. The van der Waals surface area contributed by atoms with Crippen molar-refractivity contribution in [2.45, 2.75) is 12.3 Å². The lowest BCUT2D eigenvalue weighted by atomic mass is 10.2. The summed E-state index contributed by atoms with van der Waals surface area (Å²) in [6.45, 7) is 2.08. The van der Waals surface area contributed by atoms with Crippen LogP contribution in [0.15, 0.2) is 54.2 Å². The monoisotopic (exact) mass is 298 g/mol. The van der Waals surface area contributed by atoms with E-state index in [-0.39, 0.29) is 5.37 Å². The molecule has 0 spiro atoms. The maximum absolute atomic E-state index is 6.85. The van der Waals surface area contributed by atoms with Gasteiger partial charge in [-0.2, -0.15) is 0 Å². The summed E-state index contributed by atoms with van der Waals surface area (Å²) in [5.41, 5.74) is 2.24. The van der Waals surface area contributed by atoms with Gasteiger partial charge in [0.2, 0.25) is 0 Å². The minimum Gasteiger partial charge on any atom is -0.372 e. The zero-order chi connectivity index (χ0) is 14.9. The van der Waals surface area contributed by atoms with Crippen molar-refractivity contribution in [3.63, 3.8) is 0 Å². The van der Waals surface area contributed by atoms with E-state index in [0.29, 0.717) is 0 Å². The number of aromatic amines is 1. The van der Waals surface area contributed by atoms with Gasteiger partial charge in [-0.05, 0) is 24.5 Å². The van der Waals surface area contributed by atoms with Crippen molar-refractivity contribution in [2.24, 2.45) is 0 Å². The largest absolute Gasteiger partial charge is 0.372 e. The van der Waals surface area contributed by atoms with E-state index in [1.165, 1.54) is 11.8 Å². The molecule has 1 aromatic carbocycles. The molecule has 0 aliphatic carbocycles. The summed E-state index contributed by atoms with van der Waals surface area (Å²) in [5.74, 6) is 0.907. The molecule has 3 N–H and O–H groups in total. The molecule has 2 heterocycles. The molecule has 5 heteroatoms. The highest BCUT2D eigenvalue weighted by molar-refractivity contribution is 8.02. The highest BCUT2D eigenvalue weighted by atomic mass is 32.2. The van der Waals surface area contributed by atoms with Crippen molar-refractivity contribution >= 4 is 24.1 Å². The Morgan fingerprint density at radius 3 is 2.67 bits per heavy atom. The smallest absolute Gasteiger partial charge is 0.139 e. The van der Waals surface area contributed by atoms with Gasteiger partial charge in [-0.15, -0.1) is 0 Å². The van der Waals surface area contributed by atoms with Crippen LogP contribution in [0.25, 0.3) is 6.08 Å². The third-order valence-corrected chi connectivity index (χ3v) is 3.63. The third kappa shape index (κ3) is 4.96. The van der Waals surface area contributed by atoms with Gasteiger partial charge < -0.3 is 15.7 Å². The van der Waals surface area contributed by atoms with Crippen LogP contribution in [0.2, 0.25) is 0 Å². The molecule has 3 rings (SSSR count). The summed E-state index contributed by atoms with van der Waals surface area (Å²) in [6.07, 6.45) is 8.38. The second-order valence-corrected chi connectivity index (χ2v) is 5.41. The number of aromatic nitrogens is 2. The van der Waals surface area contributed by atoms with Crippen molar-refractivity contribution in [3.8, 4) is 0 Å². The van der Waals surface area contributed by atoms with Gasteiger partial charge in [0.25, 0.3) is 0 Å². The van der Waals surface area contributed by atoms with E-state index >= 15 is 0 Å². The lowest BCUT2D eigenvalue weighted by Crippen LogP contribution is -2.08. The molecule has 108 valence electrons. The fourth-order valence-corrected chi connectivity index (χ4v) is 2.40. The number of allylic oxidation sites excluding steroid dienone is 1. The first kappa shape index (κ1) is 15.1. The number of hydrogen-bond acceptors (Lipinski definition) is 4. The third-order valence-electron chi connectivity index (χ3n) is 2.71. The minimum atomic E-state index is 0.192. The highest BCUT2D eigenvalue weighted by Gasteiger charge is 2.15. The number of nitrogens with one attached hydrogen (secondary N) is 3. The average Bonchev–Trinajstić information content (AvgIpc) is 3.18. The predicted octanol–water partition coefficient (Wildman–Crippen LogP) is 3.87. The summed E-state index contributed by atoms with van der Waals surface area (Å²) >= 11 is 1.68. The molecule has 1 aromatic heterocycles. The molecule has 4 nitrogen and oxygen atoms in total. The summed E-state index contributed by atoms with van der Waals surface area (Å²) < 4.78 is 0. The average molecular weight is 298 g/mol. The van der Waals surface area contributed by atoms with Gasteiger partial charge in [0.05, 0.1) is 11.9 Å². The molecular weight excluding hydrogens is 280 g/mol. The fourth-order valence-electron chi connectivity index (χ4n) is 1.68. The topological polar surface area (TPSA) is 64.6 Å². The van der Waals surface area contributed by atoms with Gasteiger partial charge in [-0.3, -0.25) is 0 Å². The zero-order valence-electron chi connectivity index (χ0n) is 11.8. The standard InChI is InChI=1S/C9H10N4S.C7H8/c10-3-1-2-7-6-12-8(13-7)9-11-4-5-14-9;1-7-5-3-2-4-6-7/h1-6,9-11H,(H,12,13);2-6H,1H3/b2-1-,10-3?;.